The molecule has 4 nitrogen and oxygen atoms in total. The second kappa shape index (κ2) is 5.21. The summed E-state index contributed by atoms with van der Waals surface area (Å²) < 4.78 is 5.29. The van der Waals surface area contributed by atoms with E-state index in [1.165, 1.54) is 0 Å². The highest BCUT2D eigenvalue weighted by Gasteiger charge is 2.16. The molecule has 0 saturated heterocycles. The van der Waals surface area contributed by atoms with E-state index in [0.717, 1.165) is 5.70 Å². The third-order valence-corrected chi connectivity index (χ3v) is 2.61. The third-order valence-electron chi connectivity index (χ3n) is 2.35. The smallest absolute Gasteiger partial charge is 0.262 e. The van der Waals surface area contributed by atoms with Gasteiger partial charge in [-0.15, -0.1) is 0 Å². The van der Waals surface area contributed by atoms with Gasteiger partial charge in [0.15, 0.2) is 6.61 Å². The summed E-state index contributed by atoms with van der Waals surface area (Å²) in [7, 11) is 0. The van der Waals surface area contributed by atoms with Gasteiger partial charge in [-0.3, -0.25) is 4.79 Å². The summed E-state index contributed by atoms with van der Waals surface area (Å²) in [4.78, 5) is 11.4. The van der Waals surface area contributed by atoms with E-state index in [2.05, 4.69) is 5.32 Å². The molecule has 1 atom stereocenters. The Morgan fingerprint density at radius 3 is 2.71 bits per heavy atom. The van der Waals surface area contributed by atoms with Crippen LogP contribution in [0.3, 0.4) is 0 Å². The first-order chi connectivity index (χ1) is 8.13. The number of rotatable bonds is 4. The maximum atomic E-state index is 11.4. The Hall–Kier alpha value is -1.52. The van der Waals surface area contributed by atoms with E-state index < -0.39 is 0 Å². The Morgan fingerprint density at radius 1 is 1.47 bits per heavy atom. The maximum absolute atomic E-state index is 11.4. The average molecular weight is 253 g/mol. The minimum Gasteiger partial charge on any atom is -0.484 e. The molecule has 2 rings (SSSR count). The minimum atomic E-state index is -0.182. The molecule has 1 amide bonds. The van der Waals surface area contributed by atoms with Crippen LogP contribution in [0.4, 0.5) is 0 Å². The summed E-state index contributed by atoms with van der Waals surface area (Å²) in [5.41, 5.74) is 6.42. The second-order valence-electron chi connectivity index (χ2n) is 3.85. The molecule has 0 unspecified atom stereocenters. The van der Waals surface area contributed by atoms with Crippen LogP contribution in [-0.2, 0) is 4.79 Å². The van der Waals surface area contributed by atoms with Crippen LogP contribution in [0.25, 0.3) is 0 Å². The van der Waals surface area contributed by atoms with Crippen molar-refractivity contribution in [2.45, 2.75) is 12.5 Å². The van der Waals surface area contributed by atoms with E-state index in [1.54, 1.807) is 24.3 Å². The van der Waals surface area contributed by atoms with Crippen molar-refractivity contribution in [2.75, 3.05) is 6.61 Å². The highest BCUT2D eigenvalue weighted by atomic mass is 35.5. The highest BCUT2D eigenvalue weighted by molar-refractivity contribution is 6.30. The van der Waals surface area contributed by atoms with Crippen molar-refractivity contribution >= 4 is 17.5 Å². The zero-order valence-electron chi connectivity index (χ0n) is 9.15. The predicted molar refractivity (Wildman–Crippen MR) is 65.8 cm³/mol. The lowest BCUT2D eigenvalue weighted by molar-refractivity contribution is -0.122. The number of benzene rings is 1. The van der Waals surface area contributed by atoms with E-state index in [0.29, 0.717) is 17.2 Å². The summed E-state index contributed by atoms with van der Waals surface area (Å²) in [6, 6.07) is 6.93. The fourth-order valence-electron chi connectivity index (χ4n) is 1.47. The first-order valence-corrected chi connectivity index (χ1v) is 5.66. The Kier molecular flexibility index (Phi) is 3.66. The molecule has 0 spiro atoms. The number of carbonyl (C=O) groups is 1. The van der Waals surface area contributed by atoms with E-state index in [9.17, 15) is 4.79 Å². The molecule has 0 aliphatic heterocycles. The SMILES string of the molecule is N[C@@H]1C=C(NC(=O)COc2ccc(Cl)cc2)C1. The van der Waals surface area contributed by atoms with Crippen LogP contribution in [0.2, 0.25) is 5.02 Å². The van der Waals surface area contributed by atoms with Gasteiger partial charge in [0.05, 0.1) is 0 Å². The lowest BCUT2D eigenvalue weighted by atomic mass is 10.0. The zero-order valence-corrected chi connectivity index (χ0v) is 9.91. The van der Waals surface area contributed by atoms with Gasteiger partial charge in [-0.25, -0.2) is 0 Å². The molecule has 0 fully saturated rings. The number of nitrogens with one attached hydrogen (secondary N) is 1. The first-order valence-electron chi connectivity index (χ1n) is 5.28. The molecule has 0 heterocycles. The summed E-state index contributed by atoms with van der Waals surface area (Å²) >= 11 is 5.73. The Bertz CT molecular complexity index is 442. The van der Waals surface area contributed by atoms with Gasteiger partial charge in [-0.2, -0.15) is 0 Å². The van der Waals surface area contributed by atoms with Gasteiger partial charge in [0.2, 0.25) is 0 Å². The van der Waals surface area contributed by atoms with Crippen LogP contribution in [0.5, 0.6) is 5.75 Å². The molecular formula is C12H13ClN2O2. The van der Waals surface area contributed by atoms with Crippen LogP contribution in [0.1, 0.15) is 6.42 Å². The molecule has 90 valence electrons. The van der Waals surface area contributed by atoms with Crippen molar-refractivity contribution in [3.8, 4) is 5.75 Å². The highest BCUT2D eigenvalue weighted by Crippen LogP contribution is 2.16. The first kappa shape index (κ1) is 12.0. The average Bonchev–Trinajstić information content (AvgIpc) is 2.26. The molecule has 5 heteroatoms. The van der Waals surface area contributed by atoms with Crippen molar-refractivity contribution < 1.29 is 9.53 Å². The Morgan fingerprint density at radius 2 is 2.12 bits per heavy atom. The van der Waals surface area contributed by atoms with Gasteiger partial charge in [0.25, 0.3) is 5.91 Å². The fraction of sp³-hybridized carbons (Fsp3) is 0.250. The Balaban J connectivity index is 1.76. The molecule has 3 N–H and O–H groups in total. The van der Waals surface area contributed by atoms with Crippen LogP contribution in [0, 0.1) is 0 Å². The topological polar surface area (TPSA) is 64.3 Å². The monoisotopic (exact) mass is 252 g/mol. The maximum Gasteiger partial charge on any atom is 0.262 e. The lowest BCUT2D eigenvalue weighted by Crippen LogP contribution is -2.37. The number of amides is 1. The van der Waals surface area contributed by atoms with Crippen LogP contribution in [0.15, 0.2) is 36.0 Å². The molecule has 1 aliphatic carbocycles. The standard InChI is InChI=1S/C12H13ClN2O2/c13-8-1-3-11(4-2-8)17-7-12(16)15-10-5-9(14)6-10/h1-5,9H,6-7,14H2,(H,15,16)/t9-/m1/s1. The van der Waals surface area contributed by atoms with Crippen LogP contribution < -0.4 is 15.8 Å². The number of ether oxygens (including phenoxy) is 1. The molecule has 1 aromatic carbocycles. The quantitative estimate of drug-likeness (QED) is 0.853. The molecule has 1 aliphatic rings. The predicted octanol–water partition coefficient (Wildman–Crippen LogP) is 1.45. The Labute approximate surface area is 104 Å². The number of nitrogens with two attached hydrogens (primary N) is 1. The number of carbonyl (C=O) groups excluding carboxylic acids is 1. The number of hydrogen-bond acceptors (Lipinski definition) is 3. The van der Waals surface area contributed by atoms with E-state index in [1.807, 2.05) is 6.08 Å². The van der Waals surface area contributed by atoms with Crippen molar-refractivity contribution in [2.24, 2.45) is 5.73 Å². The molecule has 0 aromatic heterocycles. The molecule has 1 aromatic rings. The number of halogens is 1. The van der Waals surface area contributed by atoms with Gasteiger partial charge in [-0.1, -0.05) is 11.6 Å². The minimum absolute atomic E-state index is 0.0196. The normalized spacial score (nSPS) is 18.0. The molecule has 0 saturated carbocycles. The van der Waals surface area contributed by atoms with Gasteiger partial charge in [0, 0.05) is 23.2 Å². The fourth-order valence-corrected chi connectivity index (χ4v) is 1.59. The zero-order chi connectivity index (χ0) is 12.3. The van der Waals surface area contributed by atoms with Gasteiger partial charge >= 0.3 is 0 Å². The summed E-state index contributed by atoms with van der Waals surface area (Å²) in [5, 5.41) is 3.35. The molecule has 0 bridgehead atoms. The summed E-state index contributed by atoms with van der Waals surface area (Å²) in [6.07, 6.45) is 2.53. The van der Waals surface area contributed by atoms with Crippen molar-refractivity contribution in [3.63, 3.8) is 0 Å². The summed E-state index contributed by atoms with van der Waals surface area (Å²) in [5.74, 6) is 0.432. The molecular weight excluding hydrogens is 240 g/mol. The van der Waals surface area contributed by atoms with Crippen molar-refractivity contribution in [3.05, 3.63) is 41.1 Å². The van der Waals surface area contributed by atoms with Crippen LogP contribution >= 0.6 is 11.6 Å². The van der Waals surface area contributed by atoms with E-state index in [4.69, 9.17) is 22.1 Å². The van der Waals surface area contributed by atoms with Gasteiger partial charge < -0.3 is 15.8 Å². The lowest BCUT2D eigenvalue weighted by Gasteiger charge is -2.21. The largest absolute Gasteiger partial charge is 0.484 e. The second-order valence-corrected chi connectivity index (χ2v) is 4.29. The van der Waals surface area contributed by atoms with E-state index >= 15 is 0 Å². The van der Waals surface area contributed by atoms with E-state index in [-0.39, 0.29) is 18.6 Å². The number of hydrogen-bond donors (Lipinski definition) is 2. The molecule has 17 heavy (non-hydrogen) atoms. The van der Waals surface area contributed by atoms with Crippen molar-refractivity contribution in [1.29, 1.82) is 0 Å². The molecule has 0 radical (unpaired) electrons. The van der Waals surface area contributed by atoms with Crippen molar-refractivity contribution in [1.82, 2.24) is 5.32 Å². The van der Waals surface area contributed by atoms with Gasteiger partial charge in [-0.05, 0) is 30.3 Å². The summed E-state index contributed by atoms with van der Waals surface area (Å²) in [6.45, 7) is -0.0196. The third kappa shape index (κ3) is 3.47. The van der Waals surface area contributed by atoms with Crippen LogP contribution in [-0.4, -0.2) is 18.6 Å². The van der Waals surface area contributed by atoms with Gasteiger partial charge in [0.1, 0.15) is 5.75 Å².